The standard InChI is InChI=1S/C12H11NO2S/c1-2-4-10-9(3-1)13-11(16-10)5-6-12-14-7-8-15-12/h1-6,12H,7-8H2. The van der Waals surface area contributed by atoms with E-state index in [1.54, 1.807) is 11.3 Å². The smallest absolute Gasteiger partial charge is 0.177 e. The molecule has 0 amide bonds. The molecule has 1 aliphatic rings. The van der Waals surface area contributed by atoms with Crippen molar-refractivity contribution >= 4 is 27.6 Å². The minimum atomic E-state index is -0.202. The minimum absolute atomic E-state index is 0.202. The van der Waals surface area contributed by atoms with Crippen molar-refractivity contribution in [3.05, 3.63) is 35.3 Å². The predicted octanol–water partition coefficient (Wildman–Crippen LogP) is 2.68. The first-order valence-corrected chi connectivity index (χ1v) is 6.00. The van der Waals surface area contributed by atoms with Crippen molar-refractivity contribution in [1.82, 2.24) is 4.98 Å². The Morgan fingerprint density at radius 3 is 2.88 bits per heavy atom. The molecule has 0 aliphatic carbocycles. The monoisotopic (exact) mass is 233 g/mol. The van der Waals surface area contributed by atoms with E-state index in [9.17, 15) is 0 Å². The van der Waals surface area contributed by atoms with Crippen LogP contribution in [0.4, 0.5) is 0 Å². The van der Waals surface area contributed by atoms with E-state index in [4.69, 9.17) is 9.47 Å². The van der Waals surface area contributed by atoms with Crippen LogP contribution in [-0.4, -0.2) is 24.5 Å². The highest BCUT2D eigenvalue weighted by Gasteiger charge is 2.11. The third-order valence-corrected chi connectivity index (χ3v) is 3.36. The first-order valence-electron chi connectivity index (χ1n) is 5.19. The molecule has 3 rings (SSSR count). The van der Waals surface area contributed by atoms with E-state index in [0.717, 1.165) is 10.5 Å². The van der Waals surface area contributed by atoms with Crippen LogP contribution in [0, 0.1) is 0 Å². The maximum atomic E-state index is 5.32. The van der Waals surface area contributed by atoms with Crippen LogP contribution < -0.4 is 0 Å². The Kier molecular flexibility index (Phi) is 2.70. The molecule has 0 spiro atoms. The number of hydrogen-bond donors (Lipinski definition) is 0. The van der Waals surface area contributed by atoms with Gasteiger partial charge in [0.05, 0.1) is 23.4 Å². The van der Waals surface area contributed by atoms with Crippen LogP contribution >= 0.6 is 11.3 Å². The molecule has 16 heavy (non-hydrogen) atoms. The summed E-state index contributed by atoms with van der Waals surface area (Å²) in [7, 11) is 0. The molecule has 3 nitrogen and oxygen atoms in total. The number of para-hydroxylation sites is 1. The highest BCUT2D eigenvalue weighted by atomic mass is 32.1. The lowest BCUT2D eigenvalue weighted by Crippen LogP contribution is -2.01. The zero-order valence-corrected chi connectivity index (χ0v) is 9.44. The number of aromatic nitrogens is 1. The Bertz CT molecular complexity index is 481. The molecule has 1 aliphatic heterocycles. The molecule has 0 radical (unpaired) electrons. The van der Waals surface area contributed by atoms with Gasteiger partial charge in [0, 0.05) is 0 Å². The van der Waals surface area contributed by atoms with Gasteiger partial charge in [-0.05, 0) is 24.3 Å². The zero-order chi connectivity index (χ0) is 10.8. The molecule has 1 aromatic carbocycles. The van der Waals surface area contributed by atoms with Gasteiger partial charge in [-0.3, -0.25) is 0 Å². The molecule has 0 bridgehead atoms. The number of nitrogens with zero attached hydrogens (tertiary/aromatic N) is 1. The third-order valence-electron chi connectivity index (χ3n) is 2.35. The Morgan fingerprint density at radius 2 is 2.06 bits per heavy atom. The summed E-state index contributed by atoms with van der Waals surface area (Å²) >= 11 is 1.67. The summed E-state index contributed by atoms with van der Waals surface area (Å²) in [5.74, 6) is 0. The maximum Gasteiger partial charge on any atom is 0.177 e. The Morgan fingerprint density at radius 1 is 1.25 bits per heavy atom. The first-order chi connectivity index (χ1) is 7.92. The van der Waals surface area contributed by atoms with Gasteiger partial charge in [0.15, 0.2) is 6.29 Å². The minimum Gasteiger partial charge on any atom is -0.347 e. The first kappa shape index (κ1) is 9.96. The predicted molar refractivity (Wildman–Crippen MR) is 64.3 cm³/mol. The second-order valence-corrected chi connectivity index (χ2v) is 4.55. The van der Waals surface area contributed by atoms with E-state index >= 15 is 0 Å². The van der Waals surface area contributed by atoms with Crippen LogP contribution in [0.25, 0.3) is 16.3 Å². The summed E-state index contributed by atoms with van der Waals surface area (Å²) in [4.78, 5) is 4.49. The molecule has 4 heteroatoms. The van der Waals surface area contributed by atoms with Crippen LogP contribution in [0.15, 0.2) is 30.3 Å². The van der Waals surface area contributed by atoms with Gasteiger partial charge < -0.3 is 9.47 Å². The van der Waals surface area contributed by atoms with Crippen LogP contribution in [0.3, 0.4) is 0 Å². The lowest BCUT2D eigenvalue weighted by Gasteiger charge is -1.99. The van der Waals surface area contributed by atoms with Gasteiger partial charge >= 0.3 is 0 Å². The van der Waals surface area contributed by atoms with Gasteiger partial charge in [-0.15, -0.1) is 11.3 Å². The van der Waals surface area contributed by atoms with E-state index in [1.165, 1.54) is 4.70 Å². The second kappa shape index (κ2) is 4.33. The van der Waals surface area contributed by atoms with Crippen LogP contribution in [0.5, 0.6) is 0 Å². The van der Waals surface area contributed by atoms with Crippen molar-refractivity contribution < 1.29 is 9.47 Å². The van der Waals surface area contributed by atoms with Crippen LogP contribution in [0.2, 0.25) is 0 Å². The Balaban J connectivity index is 1.83. The van der Waals surface area contributed by atoms with E-state index < -0.39 is 0 Å². The summed E-state index contributed by atoms with van der Waals surface area (Å²) in [6.07, 6.45) is 3.66. The lowest BCUT2D eigenvalue weighted by molar-refractivity contribution is -0.000907. The van der Waals surface area contributed by atoms with E-state index in [1.807, 2.05) is 30.4 Å². The molecule has 0 atom stereocenters. The van der Waals surface area contributed by atoms with Gasteiger partial charge in [-0.25, -0.2) is 4.98 Å². The van der Waals surface area contributed by atoms with E-state index in [0.29, 0.717) is 13.2 Å². The Hall–Kier alpha value is -1.23. The fourth-order valence-corrected chi connectivity index (χ4v) is 2.49. The molecule has 0 N–H and O–H groups in total. The van der Waals surface area contributed by atoms with Gasteiger partial charge in [0.2, 0.25) is 0 Å². The van der Waals surface area contributed by atoms with Crippen LogP contribution in [-0.2, 0) is 9.47 Å². The van der Waals surface area contributed by atoms with Crippen molar-refractivity contribution in [1.29, 1.82) is 0 Å². The SMILES string of the molecule is C(=CC1OCCO1)c1nc2ccccc2s1. The molecule has 0 unspecified atom stereocenters. The molecule has 2 aromatic rings. The summed E-state index contributed by atoms with van der Waals surface area (Å²) in [6, 6.07) is 8.12. The van der Waals surface area contributed by atoms with Crippen molar-refractivity contribution in [3.63, 3.8) is 0 Å². The topological polar surface area (TPSA) is 31.4 Å². The van der Waals surface area contributed by atoms with Crippen molar-refractivity contribution in [2.24, 2.45) is 0 Å². The average Bonchev–Trinajstić information content (AvgIpc) is 2.95. The van der Waals surface area contributed by atoms with Crippen molar-refractivity contribution in [3.8, 4) is 0 Å². The third kappa shape index (κ3) is 2.00. The summed E-state index contributed by atoms with van der Waals surface area (Å²) in [5.41, 5.74) is 1.04. The summed E-state index contributed by atoms with van der Waals surface area (Å²) in [5, 5.41) is 0.986. The summed E-state index contributed by atoms with van der Waals surface area (Å²) < 4.78 is 11.8. The van der Waals surface area contributed by atoms with Crippen LogP contribution in [0.1, 0.15) is 5.01 Å². The highest BCUT2D eigenvalue weighted by Crippen LogP contribution is 2.22. The molecular formula is C12H11NO2S. The van der Waals surface area contributed by atoms with Gasteiger partial charge in [0.25, 0.3) is 0 Å². The second-order valence-electron chi connectivity index (χ2n) is 3.49. The number of fused-ring (bicyclic) bond motifs is 1. The Labute approximate surface area is 97.3 Å². The lowest BCUT2D eigenvalue weighted by atomic mass is 10.3. The molecule has 1 aromatic heterocycles. The van der Waals surface area contributed by atoms with Gasteiger partial charge in [-0.1, -0.05) is 12.1 Å². The number of hydrogen-bond acceptors (Lipinski definition) is 4. The number of ether oxygens (including phenoxy) is 2. The molecule has 0 saturated carbocycles. The maximum absolute atomic E-state index is 5.32. The number of thiazole rings is 1. The zero-order valence-electron chi connectivity index (χ0n) is 8.63. The van der Waals surface area contributed by atoms with Crippen molar-refractivity contribution in [2.45, 2.75) is 6.29 Å². The number of benzene rings is 1. The normalized spacial score (nSPS) is 17.8. The molecular weight excluding hydrogens is 222 g/mol. The molecule has 2 heterocycles. The highest BCUT2D eigenvalue weighted by molar-refractivity contribution is 7.19. The average molecular weight is 233 g/mol. The summed E-state index contributed by atoms with van der Waals surface area (Å²) in [6.45, 7) is 1.35. The van der Waals surface area contributed by atoms with E-state index in [2.05, 4.69) is 11.1 Å². The van der Waals surface area contributed by atoms with E-state index in [-0.39, 0.29) is 6.29 Å². The largest absolute Gasteiger partial charge is 0.347 e. The van der Waals surface area contributed by atoms with Crippen molar-refractivity contribution in [2.75, 3.05) is 13.2 Å². The number of rotatable bonds is 2. The fraction of sp³-hybridized carbons (Fsp3) is 0.250. The van der Waals surface area contributed by atoms with Gasteiger partial charge in [0.1, 0.15) is 5.01 Å². The molecule has 1 fully saturated rings. The van der Waals surface area contributed by atoms with Gasteiger partial charge in [-0.2, -0.15) is 0 Å². The molecule has 82 valence electrons. The quantitative estimate of drug-likeness (QED) is 0.799. The molecule has 1 saturated heterocycles. The fourth-order valence-electron chi connectivity index (χ4n) is 1.61.